The molecule has 0 saturated heterocycles. The van der Waals surface area contributed by atoms with Gasteiger partial charge in [0.2, 0.25) is 0 Å². The molecule has 0 unspecified atom stereocenters. The van der Waals surface area contributed by atoms with Crippen LogP contribution in [-0.2, 0) is 6.54 Å². The number of aryl methyl sites for hydroxylation is 1. The summed E-state index contributed by atoms with van der Waals surface area (Å²) in [6, 6.07) is 10.7. The summed E-state index contributed by atoms with van der Waals surface area (Å²) in [7, 11) is 0. The van der Waals surface area contributed by atoms with E-state index < -0.39 is 0 Å². The van der Waals surface area contributed by atoms with E-state index in [0.717, 1.165) is 19.6 Å². The molecule has 23 heavy (non-hydrogen) atoms. The van der Waals surface area contributed by atoms with E-state index in [4.69, 9.17) is 23.2 Å². The van der Waals surface area contributed by atoms with Crippen molar-refractivity contribution in [1.82, 2.24) is 9.47 Å². The highest BCUT2D eigenvalue weighted by molar-refractivity contribution is 6.42. The molecule has 0 radical (unpaired) electrons. The zero-order chi connectivity index (χ0) is 16.4. The van der Waals surface area contributed by atoms with Crippen LogP contribution in [0.5, 0.6) is 0 Å². The van der Waals surface area contributed by atoms with Gasteiger partial charge in [0.1, 0.15) is 0 Å². The van der Waals surface area contributed by atoms with Crippen LogP contribution in [0.4, 0.5) is 0 Å². The van der Waals surface area contributed by atoms with Gasteiger partial charge in [0.05, 0.1) is 16.1 Å². The minimum absolute atomic E-state index is 0.251. The standard InChI is InChI=1S/C19H24Cl2N2/c1-14(2)8-12-23-11-4-10-22-9-3-5-18(22)19(23)15-6-7-16(20)17(21)13-15/h3,5-7,9,13-14,19H,4,8,10-12H2,1-2H3/t19-/m1/s1. The molecule has 0 N–H and O–H groups in total. The van der Waals surface area contributed by atoms with E-state index in [0.29, 0.717) is 16.0 Å². The molecule has 124 valence electrons. The van der Waals surface area contributed by atoms with E-state index in [1.807, 2.05) is 12.1 Å². The maximum atomic E-state index is 6.29. The lowest BCUT2D eigenvalue weighted by atomic mass is 10.0. The predicted molar refractivity (Wildman–Crippen MR) is 98.4 cm³/mol. The van der Waals surface area contributed by atoms with Crippen LogP contribution < -0.4 is 0 Å². The van der Waals surface area contributed by atoms with Gasteiger partial charge in [-0.05, 0) is 55.1 Å². The zero-order valence-electron chi connectivity index (χ0n) is 13.8. The molecule has 0 aliphatic carbocycles. The molecule has 0 spiro atoms. The van der Waals surface area contributed by atoms with Crippen molar-refractivity contribution < 1.29 is 0 Å². The molecule has 2 aromatic rings. The van der Waals surface area contributed by atoms with Crippen molar-refractivity contribution in [1.29, 1.82) is 0 Å². The average molecular weight is 351 g/mol. The van der Waals surface area contributed by atoms with Crippen LogP contribution >= 0.6 is 23.2 Å². The summed E-state index contributed by atoms with van der Waals surface area (Å²) in [5.74, 6) is 0.708. The van der Waals surface area contributed by atoms with E-state index in [1.54, 1.807) is 0 Å². The van der Waals surface area contributed by atoms with Gasteiger partial charge in [0.15, 0.2) is 0 Å². The summed E-state index contributed by atoms with van der Waals surface area (Å²) >= 11 is 12.4. The van der Waals surface area contributed by atoms with Gasteiger partial charge in [-0.3, -0.25) is 4.90 Å². The molecule has 1 aliphatic heterocycles. The number of aromatic nitrogens is 1. The Morgan fingerprint density at radius 2 is 1.96 bits per heavy atom. The Morgan fingerprint density at radius 1 is 1.13 bits per heavy atom. The SMILES string of the molecule is CC(C)CCN1CCCn2cccc2[C@H]1c1ccc(Cl)c(Cl)c1. The number of hydrogen-bond acceptors (Lipinski definition) is 1. The smallest absolute Gasteiger partial charge is 0.0756 e. The molecule has 4 heteroatoms. The fourth-order valence-electron chi connectivity index (χ4n) is 3.37. The molecule has 0 amide bonds. The van der Waals surface area contributed by atoms with Crippen molar-refractivity contribution >= 4 is 23.2 Å². The van der Waals surface area contributed by atoms with Gasteiger partial charge in [-0.1, -0.05) is 43.1 Å². The van der Waals surface area contributed by atoms with Crippen molar-refractivity contribution in [3.63, 3.8) is 0 Å². The first-order valence-electron chi connectivity index (χ1n) is 8.40. The van der Waals surface area contributed by atoms with Crippen molar-refractivity contribution in [3.05, 3.63) is 57.8 Å². The fraction of sp³-hybridized carbons (Fsp3) is 0.474. The highest BCUT2D eigenvalue weighted by atomic mass is 35.5. The minimum atomic E-state index is 0.251. The molecule has 0 fully saturated rings. The average Bonchev–Trinajstić information content (AvgIpc) is 2.89. The third-order valence-electron chi connectivity index (χ3n) is 4.61. The van der Waals surface area contributed by atoms with Crippen LogP contribution in [0.1, 0.15) is 44.0 Å². The molecular formula is C19H24Cl2N2. The molecule has 2 heterocycles. The van der Waals surface area contributed by atoms with E-state index in [-0.39, 0.29) is 6.04 Å². The molecule has 0 bridgehead atoms. The summed E-state index contributed by atoms with van der Waals surface area (Å²) < 4.78 is 2.38. The third kappa shape index (κ3) is 3.76. The number of halogens is 2. The Balaban J connectivity index is 1.99. The second-order valence-corrected chi connectivity index (χ2v) is 7.59. The first-order valence-corrected chi connectivity index (χ1v) is 9.16. The number of nitrogens with zero attached hydrogens (tertiary/aromatic N) is 2. The van der Waals surface area contributed by atoms with Crippen LogP contribution in [0.3, 0.4) is 0 Å². The van der Waals surface area contributed by atoms with Gasteiger partial charge in [-0.2, -0.15) is 0 Å². The number of hydrogen-bond donors (Lipinski definition) is 0. The van der Waals surface area contributed by atoms with E-state index in [2.05, 4.69) is 47.7 Å². The van der Waals surface area contributed by atoms with Crippen LogP contribution in [0.15, 0.2) is 36.5 Å². The number of fused-ring (bicyclic) bond motifs is 1. The summed E-state index contributed by atoms with van der Waals surface area (Å²) in [6.45, 7) is 7.87. The second-order valence-electron chi connectivity index (χ2n) is 6.77. The van der Waals surface area contributed by atoms with Gasteiger partial charge < -0.3 is 4.57 Å². The fourth-order valence-corrected chi connectivity index (χ4v) is 3.67. The van der Waals surface area contributed by atoms with Crippen LogP contribution in [0.25, 0.3) is 0 Å². The van der Waals surface area contributed by atoms with Gasteiger partial charge >= 0.3 is 0 Å². The zero-order valence-corrected chi connectivity index (χ0v) is 15.3. The molecule has 0 saturated carbocycles. The van der Waals surface area contributed by atoms with Crippen LogP contribution in [0, 0.1) is 5.92 Å². The van der Waals surface area contributed by atoms with E-state index in [1.165, 1.54) is 24.1 Å². The van der Waals surface area contributed by atoms with E-state index >= 15 is 0 Å². The largest absolute Gasteiger partial charge is 0.350 e. The summed E-state index contributed by atoms with van der Waals surface area (Å²) in [5, 5.41) is 1.25. The normalized spacial score (nSPS) is 18.9. The van der Waals surface area contributed by atoms with Crippen molar-refractivity contribution in [2.45, 2.75) is 39.3 Å². The molecule has 1 aromatic carbocycles. The summed E-state index contributed by atoms with van der Waals surface area (Å²) in [6.07, 6.45) is 4.57. The third-order valence-corrected chi connectivity index (χ3v) is 5.35. The Kier molecular flexibility index (Phi) is 5.35. The lowest BCUT2D eigenvalue weighted by Crippen LogP contribution is -2.31. The molecule has 3 rings (SSSR count). The highest BCUT2D eigenvalue weighted by Gasteiger charge is 2.27. The lowest BCUT2D eigenvalue weighted by Gasteiger charge is -2.31. The van der Waals surface area contributed by atoms with Crippen LogP contribution in [-0.4, -0.2) is 22.6 Å². The van der Waals surface area contributed by atoms with E-state index in [9.17, 15) is 0 Å². The Labute approximate surface area is 149 Å². The number of benzene rings is 1. The monoisotopic (exact) mass is 350 g/mol. The molecule has 1 atom stereocenters. The van der Waals surface area contributed by atoms with Gasteiger partial charge in [-0.25, -0.2) is 0 Å². The Bertz CT molecular complexity index is 663. The van der Waals surface area contributed by atoms with Crippen molar-refractivity contribution in [3.8, 4) is 0 Å². The first-order chi connectivity index (χ1) is 11.1. The number of rotatable bonds is 4. The van der Waals surface area contributed by atoms with Crippen molar-refractivity contribution in [2.24, 2.45) is 5.92 Å². The van der Waals surface area contributed by atoms with Gasteiger partial charge in [0.25, 0.3) is 0 Å². The quantitative estimate of drug-likeness (QED) is 0.692. The Morgan fingerprint density at radius 3 is 2.70 bits per heavy atom. The summed E-state index contributed by atoms with van der Waals surface area (Å²) in [4.78, 5) is 2.60. The molecule has 1 aromatic heterocycles. The second kappa shape index (κ2) is 7.29. The topological polar surface area (TPSA) is 8.17 Å². The predicted octanol–water partition coefficient (Wildman–Crippen LogP) is 5.64. The van der Waals surface area contributed by atoms with Crippen molar-refractivity contribution in [2.75, 3.05) is 13.1 Å². The first kappa shape index (κ1) is 16.9. The van der Waals surface area contributed by atoms with Gasteiger partial charge in [0, 0.05) is 25.0 Å². The summed E-state index contributed by atoms with van der Waals surface area (Å²) in [5.41, 5.74) is 2.58. The minimum Gasteiger partial charge on any atom is -0.350 e. The van der Waals surface area contributed by atoms with Gasteiger partial charge in [-0.15, -0.1) is 0 Å². The maximum absolute atomic E-state index is 6.29. The highest BCUT2D eigenvalue weighted by Crippen LogP contribution is 2.35. The Hall–Kier alpha value is -0.960. The molecular weight excluding hydrogens is 327 g/mol. The van der Waals surface area contributed by atoms with Crippen LogP contribution in [0.2, 0.25) is 10.0 Å². The lowest BCUT2D eigenvalue weighted by molar-refractivity contribution is 0.216. The molecule has 1 aliphatic rings. The maximum Gasteiger partial charge on any atom is 0.0756 e. The molecule has 2 nitrogen and oxygen atoms in total.